The van der Waals surface area contributed by atoms with Crippen molar-refractivity contribution in [1.29, 1.82) is 5.41 Å². The third kappa shape index (κ3) is 4.62. The number of nitrogens with zero attached hydrogens (tertiary/aromatic N) is 2. The highest BCUT2D eigenvalue weighted by atomic mass is 16.2. The molecule has 0 spiro atoms. The molecule has 4 rings (SSSR count). The van der Waals surface area contributed by atoms with Crippen LogP contribution >= 0.6 is 0 Å². The highest BCUT2D eigenvalue weighted by molar-refractivity contribution is 5.90. The van der Waals surface area contributed by atoms with Gasteiger partial charge in [0.2, 0.25) is 0 Å². The Morgan fingerprint density at radius 1 is 1.19 bits per heavy atom. The van der Waals surface area contributed by atoms with Gasteiger partial charge in [-0.05, 0) is 49.9 Å². The molecule has 4 N–H and O–H groups in total. The Kier molecular flexibility index (Phi) is 6.06. The molecule has 2 amide bonds. The Hall–Kier alpha value is -3.16. The van der Waals surface area contributed by atoms with E-state index in [9.17, 15) is 9.59 Å². The molecule has 0 radical (unpaired) electrons. The topological polar surface area (TPSA) is 114 Å². The molecule has 31 heavy (non-hydrogen) atoms. The SMILES string of the molecule is Cc1ccc(NC(=O)N2CC(c3nc(NC4CCCCC4)c(C=N)c(=O)[nH]3)C2)cc1C. The number of carbonyl (C=O) groups is 1. The van der Waals surface area contributed by atoms with Crippen molar-refractivity contribution < 1.29 is 4.79 Å². The fourth-order valence-corrected chi connectivity index (χ4v) is 4.22. The molecule has 164 valence electrons. The van der Waals surface area contributed by atoms with Crippen LogP contribution in [0, 0.1) is 19.3 Å². The van der Waals surface area contributed by atoms with Gasteiger partial charge in [-0.1, -0.05) is 25.3 Å². The molecular formula is C23H30N6O2. The number of H-pyrrole nitrogens is 1. The number of aromatic nitrogens is 2. The Bertz CT molecular complexity index is 1030. The zero-order chi connectivity index (χ0) is 22.0. The lowest BCUT2D eigenvalue weighted by Gasteiger charge is -2.38. The van der Waals surface area contributed by atoms with Crippen molar-refractivity contribution in [3.63, 3.8) is 0 Å². The fourth-order valence-electron chi connectivity index (χ4n) is 4.22. The van der Waals surface area contributed by atoms with Crippen molar-refractivity contribution in [2.75, 3.05) is 23.7 Å². The maximum absolute atomic E-state index is 12.5. The maximum atomic E-state index is 12.5. The summed E-state index contributed by atoms with van der Waals surface area (Å²) >= 11 is 0. The summed E-state index contributed by atoms with van der Waals surface area (Å²) in [6.45, 7) is 5.04. The minimum absolute atomic E-state index is 0.0232. The molecular weight excluding hydrogens is 392 g/mol. The van der Waals surface area contributed by atoms with Gasteiger partial charge in [0, 0.05) is 31.0 Å². The highest BCUT2D eigenvalue weighted by Crippen LogP contribution is 2.27. The minimum Gasteiger partial charge on any atom is -0.367 e. The zero-order valence-electron chi connectivity index (χ0n) is 18.1. The second kappa shape index (κ2) is 8.91. The van der Waals surface area contributed by atoms with Crippen LogP contribution in [0.1, 0.15) is 60.5 Å². The first-order valence-electron chi connectivity index (χ1n) is 11.0. The molecule has 1 aromatic heterocycles. The first-order chi connectivity index (χ1) is 14.9. The van der Waals surface area contributed by atoms with Crippen LogP contribution in [0.4, 0.5) is 16.3 Å². The number of urea groups is 1. The second-order valence-electron chi connectivity index (χ2n) is 8.67. The largest absolute Gasteiger partial charge is 0.367 e. The van der Waals surface area contributed by atoms with Crippen molar-refractivity contribution in [1.82, 2.24) is 14.9 Å². The molecule has 0 atom stereocenters. The molecule has 2 heterocycles. The molecule has 2 fully saturated rings. The van der Waals surface area contributed by atoms with Crippen molar-refractivity contribution in [2.45, 2.75) is 57.9 Å². The van der Waals surface area contributed by atoms with E-state index in [1.165, 1.54) is 24.8 Å². The molecule has 0 bridgehead atoms. The molecule has 2 aliphatic rings. The lowest BCUT2D eigenvalue weighted by molar-refractivity contribution is 0.160. The predicted octanol–water partition coefficient (Wildman–Crippen LogP) is 3.76. The van der Waals surface area contributed by atoms with Crippen molar-refractivity contribution in [2.24, 2.45) is 0 Å². The van der Waals surface area contributed by atoms with Crippen LogP contribution < -0.4 is 16.2 Å². The number of benzene rings is 1. The van der Waals surface area contributed by atoms with Gasteiger partial charge in [-0.25, -0.2) is 9.78 Å². The monoisotopic (exact) mass is 422 g/mol. The Labute approximate surface area is 182 Å². The molecule has 1 saturated heterocycles. The lowest BCUT2D eigenvalue weighted by Crippen LogP contribution is -2.51. The fraction of sp³-hybridized carbons (Fsp3) is 0.478. The molecule has 2 aromatic rings. The van der Waals surface area contributed by atoms with Crippen LogP contribution in [0.2, 0.25) is 0 Å². The summed E-state index contributed by atoms with van der Waals surface area (Å²) in [6, 6.07) is 5.98. The molecule has 0 unspecified atom stereocenters. The molecule has 8 nitrogen and oxygen atoms in total. The number of hydrogen-bond donors (Lipinski definition) is 4. The third-order valence-electron chi connectivity index (χ3n) is 6.38. The van der Waals surface area contributed by atoms with Crippen LogP contribution in [-0.4, -0.2) is 46.2 Å². The van der Waals surface area contributed by atoms with Gasteiger partial charge < -0.3 is 25.9 Å². The van der Waals surface area contributed by atoms with E-state index in [1.807, 2.05) is 32.0 Å². The number of likely N-dealkylation sites (tertiary alicyclic amines) is 1. The Balaban J connectivity index is 1.42. The number of rotatable bonds is 5. The van der Waals surface area contributed by atoms with Gasteiger partial charge in [-0.2, -0.15) is 0 Å². The van der Waals surface area contributed by atoms with E-state index in [0.717, 1.165) is 30.3 Å². The van der Waals surface area contributed by atoms with Crippen LogP contribution in [0.3, 0.4) is 0 Å². The average molecular weight is 423 g/mol. The van der Waals surface area contributed by atoms with Gasteiger partial charge >= 0.3 is 6.03 Å². The normalized spacial score (nSPS) is 17.2. The number of hydrogen-bond acceptors (Lipinski definition) is 5. The zero-order valence-corrected chi connectivity index (χ0v) is 18.1. The van der Waals surface area contributed by atoms with E-state index in [2.05, 4.69) is 20.6 Å². The summed E-state index contributed by atoms with van der Waals surface area (Å²) < 4.78 is 0. The molecule has 1 aliphatic carbocycles. The number of carbonyl (C=O) groups excluding carboxylic acids is 1. The number of aromatic amines is 1. The van der Waals surface area contributed by atoms with E-state index in [1.54, 1.807) is 4.90 Å². The number of anilines is 2. The summed E-state index contributed by atoms with van der Waals surface area (Å²) in [5.41, 5.74) is 3.04. The van der Waals surface area contributed by atoms with E-state index >= 15 is 0 Å². The van der Waals surface area contributed by atoms with Gasteiger partial charge in [0.15, 0.2) is 0 Å². The molecule has 1 aliphatic heterocycles. The molecule has 8 heteroatoms. The van der Waals surface area contributed by atoms with Crippen LogP contribution in [0.5, 0.6) is 0 Å². The smallest absolute Gasteiger partial charge is 0.321 e. The highest BCUT2D eigenvalue weighted by Gasteiger charge is 2.34. The van der Waals surface area contributed by atoms with Crippen LogP contribution in [0.25, 0.3) is 0 Å². The van der Waals surface area contributed by atoms with E-state index in [0.29, 0.717) is 24.7 Å². The van der Waals surface area contributed by atoms with Crippen LogP contribution in [-0.2, 0) is 0 Å². The standard InChI is InChI=1S/C23H30N6O2/c1-14-8-9-18(10-15(14)2)26-23(31)29-12-16(13-29)20-27-21(19(11-24)22(30)28-20)25-17-6-4-3-5-7-17/h8-11,16-17,24H,3-7,12-13H2,1-2H3,(H,26,31)(H2,25,27,28,30). The second-order valence-corrected chi connectivity index (χ2v) is 8.67. The van der Waals surface area contributed by atoms with Crippen molar-refractivity contribution in [3.8, 4) is 0 Å². The lowest BCUT2D eigenvalue weighted by atomic mass is 9.95. The van der Waals surface area contributed by atoms with Gasteiger partial charge in [-0.15, -0.1) is 0 Å². The van der Waals surface area contributed by atoms with Crippen LogP contribution in [0.15, 0.2) is 23.0 Å². The quantitative estimate of drug-likeness (QED) is 0.549. The summed E-state index contributed by atoms with van der Waals surface area (Å²) in [5, 5.41) is 13.9. The summed E-state index contributed by atoms with van der Waals surface area (Å²) in [5.74, 6) is 1.03. The molecule has 1 saturated carbocycles. The number of nitrogens with one attached hydrogen (secondary N) is 4. The third-order valence-corrected chi connectivity index (χ3v) is 6.38. The first kappa shape index (κ1) is 21.1. The van der Waals surface area contributed by atoms with E-state index in [4.69, 9.17) is 5.41 Å². The predicted molar refractivity (Wildman–Crippen MR) is 122 cm³/mol. The maximum Gasteiger partial charge on any atom is 0.321 e. The van der Waals surface area contributed by atoms with Crippen molar-refractivity contribution >= 4 is 23.8 Å². The minimum atomic E-state index is -0.309. The Morgan fingerprint density at radius 3 is 2.61 bits per heavy atom. The summed E-state index contributed by atoms with van der Waals surface area (Å²) in [7, 11) is 0. The van der Waals surface area contributed by atoms with E-state index < -0.39 is 0 Å². The summed E-state index contributed by atoms with van der Waals surface area (Å²) in [6.07, 6.45) is 6.74. The summed E-state index contributed by atoms with van der Waals surface area (Å²) in [4.78, 5) is 34.2. The van der Waals surface area contributed by atoms with Gasteiger partial charge in [-0.3, -0.25) is 4.79 Å². The average Bonchev–Trinajstić information content (AvgIpc) is 2.70. The first-order valence-corrected chi connectivity index (χ1v) is 11.0. The van der Waals surface area contributed by atoms with Gasteiger partial charge in [0.05, 0.1) is 11.5 Å². The van der Waals surface area contributed by atoms with Crippen molar-refractivity contribution in [3.05, 3.63) is 51.1 Å². The van der Waals surface area contributed by atoms with Gasteiger partial charge in [0.25, 0.3) is 5.56 Å². The number of aryl methyl sites for hydroxylation is 2. The molecule has 1 aromatic carbocycles. The van der Waals surface area contributed by atoms with Gasteiger partial charge in [0.1, 0.15) is 11.6 Å². The Morgan fingerprint density at radius 2 is 1.94 bits per heavy atom. The van der Waals surface area contributed by atoms with E-state index in [-0.39, 0.29) is 29.1 Å². The number of amides is 2.